The van der Waals surface area contributed by atoms with Crippen LogP contribution in [0.25, 0.3) is 0 Å². The van der Waals surface area contributed by atoms with Crippen molar-refractivity contribution in [3.63, 3.8) is 0 Å². The third kappa shape index (κ3) is 2.58. The second-order valence-corrected chi connectivity index (χ2v) is 5.02. The van der Waals surface area contributed by atoms with Gasteiger partial charge in [-0.3, -0.25) is 4.79 Å². The monoisotopic (exact) mass is 250 g/mol. The van der Waals surface area contributed by atoms with Crippen LogP contribution in [0.15, 0.2) is 42.7 Å². The molecule has 0 aliphatic heterocycles. The average Bonchev–Trinajstić information content (AvgIpc) is 3.19. The molecule has 1 aromatic carbocycles. The highest BCUT2D eigenvalue weighted by Gasteiger charge is 2.30. The van der Waals surface area contributed by atoms with Gasteiger partial charge in [-0.2, -0.15) is 5.26 Å². The highest BCUT2D eigenvalue weighted by atomic mass is 16.1. The van der Waals surface area contributed by atoms with E-state index >= 15 is 0 Å². The number of hydrogen-bond donors (Lipinski definition) is 0. The van der Waals surface area contributed by atoms with Crippen LogP contribution in [0.5, 0.6) is 0 Å². The number of ketones is 1. The molecule has 0 saturated heterocycles. The summed E-state index contributed by atoms with van der Waals surface area (Å²) in [5, 5.41) is 8.87. The van der Waals surface area contributed by atoms with Crippen molar-refractivity contribution >= 4 is 5.78 Å². The molecule has 0 N–H and O–H groups in total. The van der Waals surface area contributed by atoms with Crippen molar-refractivity contribution in [3.8, 4) is 6.07 Å². The zero-order chi connectivity index (χ0) is 13.2. The molecular formula is C16H14N2O. The molecule has 0 atom stereocenters. The number of carbonyl (C=O) groups is 1. The fourth-order valence-corrected chi connectivity index (χ4v) is 2.22. The van der Waals surface area contributed by atoms with E-state index in [2.05, 4.69) is 6.07 Å². The van der Waals surface area contributed by atoms with Gasteiger partial charge in [0.1, 0.15) is 0 Å². The van der Waals surface area contributed by atoms with Crippen LogP contribution in [0.2, 0.25) is 0 Å². The Labute approximate surface area is 112 Å². The SMILES string of the molecule is N#Cc1cccc(Cn2ccc(C(=O)C3CC3)c2)c1. The van der Waals surface area contributed by atoms with Crippen LogP contribution in [0, 0.1) is 17.2 Å². The summed E-state index contributed by atoms with van der Waals surface area (Å²) in [5.74, 6) is 0.530. The predicted octanol–water partition coefficient (Wildman–Crippen LogP) is 3.00. The molecule has 1 fully saturated rings. The summed E-state index contributed by atoms with van der Waals surface area (Å²) in [6.45, 7) is 0.688. The van der Waals surface area contributed by atoms with Crippen molar-refractivity contribution in [2.75, 3.05) is 0 Å². The third-order valence-electron chi connectivity index (χ3n) is 3.40. The molecule has 1 heterocycles. The lowest BCUT2D eigenvalue weighted by Crippen LogP contribution is -2.01. The van der Waals surface area contributed by atoms with E-state index in [9.17, 15) is 4.79 Å². The summed E-state index contributed by atoms with van der Waals surface area (Å²) in [4.78, 5) is 11.9. The smallest absolute Gasteiger partial charge is 0.167 e. The number of rotatable bonds is 4. The summed E-state index contributed by atoms with van der Waals surface area (Å²) < 4.78 is 1.99. The summed E-state index contributed by atoms with van der Waals surface area (Å²) >= 11 is 0. The predicted molar refractivity (Wildman–Crippen MR) is 71.7 cm³/mol. The first kappa shape index (κ1) is 11.7. The number of Topliss-reactive ketones (excluding diaryl/α,β-unsaturated/α-hetero) is 1. The summed E-state index contributed by atoms with van der Waals surface area (Å²) in [6, 6.07) is 11.6. The number of aromatic nitrogens is 1. The van der Waals surface area contributed by atoms with Crippen LogP contribution in [0.1, 0.15) is 34.3 Å². The van der Waals surface area contributed by atoms with E-state index in [4.69, 9.17) is 5.26 Å². The van der Waals surface area contributed by atoms with Crippen LogP contribution in [0.3, 0.4) is 0 Å². The van der Waals surface area contributed by atoms with Gasteiger partial charge in [-0.15, -0.1) is 0 Å². The largest absolute Gasteiger partial charge is 0.349 e. The van der Waals surface area contributed by atoms with Crippen molar-refractivity contribution in [2.45, 2.75) is 19.4 Å². The Morgan fingerprint density at radius 3 is 2.95 bits per heavy atom. The van der Waals surface area contributed by atoms with Gasteiger partial charge in [-0.05, 0) is 36.6 Å². The maximum atomic E-state index is 11.9. The van der Waals surface area contributed by atoms with Crippen LogP contribution < -0.4 is 0 Å². The molecule has 0 radical (unpaired) electrons. The standard InChI is InChI=1S/C16H14N2O/c17-9-12-2-1-3-13(8-12)10-18-7-6-15(11-18)16(19)14-4-5-14/h1-3,6-8,11,14H,4-5,10H2. The second-order valence-electron chi connectivity index (χ2n) is 5.02. The fraction of sp³-hybridized carbons (Fsp3) is 0.250. The van der Waals surface area contributed by atoms with E-state index in [-0.39, 0.29) is 11.7 Å². The normalized spacial score (nSPS) is 14.1. The molecule has 0 unspecified atom stereocenters. The Bertz CT molecular complexity index is 659. The highest BCUT2D eigenvalue weighted by molar-refractivity contribution is 5.99. The summed E-state index contributed by atoms with van der Waals surface area (Å²) in [7, 11) is 0. The Balaban J connectivity index is 1.76. The minimum Gasteiger partial charge on any atom is -0.349 e. The molecule has 94 valence electrons. The summed E-state index contributed by atoms with van der Waals surface area (Å²) in [6.07, 6.45) is 5.90. The van der Waals surface area contributed by atoms with Gasteiger partial charge in [0.25, 0.3) is 0 Å². The number of hydrogen-bond acceptors (Lipinski definition) is 2. The summed E-state index contributed by atoms with van der Waals surface area (Å²) in [5.41, 5.74) is 2.54. The van der Waals surface area contributed by atoms with Crippen LogP contribution >= 0.6 is 0 Å². The van der Waals surface area contributed by atoms with E-state index in [1.165, 1.54) is 0 Å². The van der Waals surface area contributed by atoms with E-state index in [0.717, 1.165) is 24.0 Å². The average molecular weight is 250 g/mol. The van der Waals surface area contributed by atoms with Gasteiger partial charge in [-0.1, -0.05) is 12.1 Å². The molecule has 1 aliphatic rings. The third-order valence-corrected chi connectivity index (χ3v) is 3.40. The van der Waals surface area contributed by atoms with Gasteiger partial charge in [0, 0.05) is 30.4 Å². The molecule has 2 aromatic rings. The maximum Gasteiger partial charge on any atom is 0.167 e. The Morgan fingerprint density at radius 1 is 1.37 bits per heavy atom. The molecule has 0 bridgehead atoms. The van der Waals surface area contributed by atoms with E-state index in [1.807, 2.05) is 41.2 Å². The van der Waals surface area contributed by atoms with Gasteiger partial charge >= 0.3 is 0 Å². The van der Waals surface area contributed by atoms with Crippen molar-refractivity contribution < 1.29 is 4.79 Å². The molecule has 0 spiro atoms. The van der Waals surface area contributed by atoms with Crippen molar-refractivity contribution in [1.82, 2.24) is 4.57 Å². The zero-order valence-corrected chi connectivity index (χ0v) is 10.5. The first-order valence-electron chi connectivity index (χ1n) is 6.45. The van der Waals surface area contributed by atoms with Gasteiger partial charge < -0.3 is 4.57 Å². The molecule has 1 aromatic heterocycles. The molecule has 1 aliphatic carbocycles. The zero-order valence-electron chi connectivity index (χ0n) is 10.5. The van der Waals surface area contributed by atoms with Gasteiger partial charge in [0.2, 0.25) is 0 Å². The lowest BCUT2D eigenvalue weighted by atomic mass is 10.1. The second kappa shape index (κ2) is 4.74. The van der Waals surface area contributed by atoms with Crippen molar-refractivity contribution in [1.29, 1.82) is 5.26 Å². The van der Waals surface area contributed by atoms with Gasteiger partial charge in [0.05, 0.1) is 11.6 Å². The first-order chi connectivity index (χ1) is 9.26. The number of benzene rings is 1. The molecule has 0 amide bonds. The Morgan fingerprint density at radius 2 is 2.21 bits per heavy atom. The number of nitrogens with zero attached hydrogens (tertiary/aromatic N) is 2. The van der Waals surface area contributed by atoms with Crippen molar-refractivity contribution in [2.24, 2.45) is 5.92 Å². The molecule has 3 rings (SSSR count). The van der Waals surface area contributed by atoms with Crippen LogP contribution in [0.4, 0.5) is 0 Å². The highest BCUT2D eigenvalue weighted by Crippen LogP contribution is 2.32. The molecular weight excluding hydrogens is 236 g/mol. The topological polar surface area (TPSA) is 45.8 Å². The van der Waals surface area contributed by atoms with Crippen LogP contribution in [-0.2, 0) is 6.54 Å². The van der Waals surface area contributed by atoms with E-state index < -0.39 is 0 Å². The lowest BCUT2D eigenvalue weighted by molar-refractivity contribution is 0.0967. The lowest BCUT2D eigenvalue weighted by Gasteiger charge is -2.03. The minimum atomic E-state index is 0.262. The maximum absolute atomic E-state index is 11.9. The fourth-order valence-electron chi connectivity index (χ4n) is 2.22. The molecule has 1 saturated carbocycles. The number of nitriles is 1. The minimum absolute atomic E-state index is 0.262. The van der Waals surface area contributed by atoms with Crippen molar-refractivity contribution in [3.05, 3.63) is 59.4 Å². The quantitative estimate of drug-likeness (QED) is 0.783. The van der Waals surface area contributed by atoms with E-state index in [0.29, 0.717) is 12.1 Å². The van der Waals surface area contributed by atoms with Crippen LogP contribution in [-0.4, -0.2) is 10.4 Å². The molecule has 3 nitrogen and oxygen atoms in total. The Hall–Kier alpha value is -2.34. The molecule has 19 heavy (non-hydrogen) atoms. The first-order valence-corrected chi connectivity index (χ1v) is 6.45. The van der Waals surface area contributed by atoms with Gasteiger partial charge in [0.15, 0.2) is 5.78 Å². The van der Waals surface area contributed by atoms with E-state index in [1.54, 1.807) is 6.07 Å². The Kier molecular flexibility index (Phi) is 2.92. The molecule has 3 heteroatoms. The number of carbonyl (C=O) groups excluding carboxylic acids is 1. The van der Waals surface area contributed by atoms with Gasteiger partial charge in [-0.25, -0.2) is 0 Å².